The molecule has 1 aromatic rings. The second kappa shape index (κ2) is 9.26. The van der Waals surface area contributed by atoms with E-state index in [1.165, 1.54) is 25.7 Å². The van der Waals surface area contributed by atoms with Gasteiger partial charge in [0.2, 0.25) is 0 Å². The minimum Gasteiger partial charge on any atom is -0.490 e. The Bertz CT molecular complexity index is 522. The van der Waals surface area contributed by atoms with Gasteiger partial charge in [0.25, 0.3) is 0 Å². The predicted molar refractivity (Wildman–Crippen MR) is 97.5 cm³/mol. The van der Waals surface area contributed by atoms with Gasteiger partial charge in [-0.25, -0.2) is 0 Å². The molecule has 0 saturated heterocycles. The number of hydrogen-bond donors (Lipinski definition) is 2. The van der Waals surface area contributed by atoms with E-state index < -0.39 is 0 Å². The maximum absolute atomic E-state index is 5.45. The molecule has 0 aliphatic heterocycles. The minimum atomic E-state index is 0.516. The molecular weight excluding hydrogens is 292 g/mol. The lowest BCUT2D eigenvalue weighted by atomic mass is 9.97. The fraction of sp³-hybridized carbons (Fsp3) is 0.389. The highest BCUT2D eigenvalue weighted by molar-refractivity contribution is 7.80. The third kappa shape index (κ3) is 5.90. The number of hydrogen-bond acceptors (Lipinski definition) is 2. The van der Waals surface area contributed by atoms with Crippen LogP contribution in [0.4, 0.5) is 5.69 Å². The molecule has 0 spiro atoms. The van der Waals surface area contributed by atoms with E-state index in [1.807, 2.05) is 24.3 Å². The first-order chi connectivity index (χ1) is 10.8. The highest BCUT2D eigenvalue weighted by Crippen LogP contribution is 2.19. The largest absolute Gasteiger partial charge is 0.490 e. The van der Waals surface area contributed by atoms with Gasteiger partial charge in [-0.2, -0.15) is 0 Å². The lowest BCUT2D eigenvalue weighted by molar-refractivity contribution is 0.363. The Hall–Kier alpha value is -1.81. The summed E-state index contributed by atoms with van der Waals surface area (Å²) in [5.74, 6) is 0.827. The molecule has 1 aliphatic rings. The molecule has 0 unspecified atom stereocenters. The van der Waals surface area contributed by atoms with Crippen LogP contribution in [0, 0.1) is 0 Å². The number of thiocarbonyl (C=S) groups is 1. The van der Waals surface area contributed by atoms with Gasteiger partial charge in [0, 0.05) is 12.2 Å². The maximum Gasteiger partial charge on any atom is 0.170 e. The molecule has 22 heavy (non-hydrogen) atoms. The highest BCUT2D eigenvalue weighted by Gasteiger charge is 2.04. The summed E-state index contributed by atoms with van der Waals surface area (Å²) in [6.45, 7) is 5.03. The van der Waals surface area contributed by atoms with Gasteiger partial charge in [0.05, 0.1) is 0 Å². The summed E-state index contributed by atoms with van der Waals surface area (Å²) >= 11 is 5.32. The third-order valence-electron chi connectivity index (χ3n) is 3.60. The van der Waals surface area contributed by atoms with Gasteiger partial charge in [-0.3, -0.25) is 0 Å². The van der Waals surface area contributed by atoms with Crippen molar-refractivity contribution < 1.29 is 4.74 Å². The molecule has 3 nitrogen and oxygen atoms in total. The monoisotopic (exact) mass is 316 g/mol. The predicted octanol–water partition coefficient (Wildman–Crippen LogP) is 4.43. The van der Waals surface area contributed by atoms with E-state index in [9.17, 15) is 0 Å². The van der Waals surface area contributed by atoms with Crippen LogP contribution in [0.5, 0.6) is 5.75 Å². The topological polar surface area (TPSA) is 33.3 Å². The van der Waals surface area contributed by atoms with Gasteiger partial charge in [0.1, 0.15) is 12.4 Å². The van der Waals surface area contributed by atoms with Gasteiger partial charge < -0.3 is 15.4 Å². The number of benzene rings is 1. The molecule has 0 bridgehead atoms. The Kier molecular flexibility index (Phi) is 6.97. The quantitative estimate of drug-likeness (QED) is 0.576. The van der Waals surface area contributed by atoms with Crippen LogP contribution in [0.1, 0.15) is 32.1 Å². The highest BCUT2D eigenvalue weighted by atomic mass is 32.1. The van der Waals surface area contributed by atoms with E-state index in [-0.39, 0.29) is 0 Å². The molecule has 0 aromatic heterocycles. The molecule has 0 atom stereocenters. The zero-order valence-electron chi connectivity index (χ0n) is 12.9. The molecule has 118 valence electrons. The van der Waals surface area contributed by atoms with Crippen molar-refractivity contribution in [1.82, 2.24) is 5.32 Å². The average molecular weight is 316 g/mol. The van der Waals surface area contributed by atoms with E-state index in [4.69, 9.17) is 17.0 Å². The minimum absolute atomic E-state index is 0.516. The van der Waals surface area contributed by atoms with Crippen molar-refractivity contribution in [2.24, 2.45) is 0 Å². The number of nitrogens with one attached hydrogen (secondary N) is 2. The molecule has 0 radical (unpaired) electrons. The zero-order valence-corrected chi connectivity index (χ0v) is 13.8. The van der Waals surface area contributed by atoms with E-state index in [0.717, 1.165) is 24.4 Å². The van der Waals surface area contributed by atoms with Gasteiger partial charge in [-0.1, -0.05) is 24.3 Å². The first-order valence-electron chi connectivity index (χ1n) is 7.84. The summed E-state index contributed by atoms with van der Waals surface area (Å²) < 4.78 is 5.45. The van der Waals surface area contributed by atoms with E-state index in [0.29, 0.717) is 11.7 Å². The van der Waals surface area contributed by atoms with Gasteiger partial charge in [0.15, 0.2) is 5.11 Å². The first-order valence-corrected chi connectivity index (χ1v) is 8.25. The molecule has 0 saturated carbocycles. The van der Waals surface area contributed by atoms with Crippen molar-refractivity contribution in [2.75, 3.05) is 18.5 Å². The molecule has 1 aliphatic carbocycles. The Morgan fingerprint density at radius 1 is 1.27 bits per heavy atom. The van der Waals surface area contributed by atoms with E-state index >= 15 is 0 Å². The van der Waals surface area contributed by atoms with Crippen molar-refractivity contribution in [3.63, 3.8) is 0 Å². The zero-order chi connectivity index (χ0) is 15.6. The number of ether oxygens (including phenoxy) is 1. The van der Waals surface area contributed by atoms with Crippen LogP contribution in [0.2, 0.25) is 0 Å². The fourth-order valence-corrected chi connectivity index (χ4v) is 2.65. The summed E-state index contributed by atoms with van der Waals surface area (Å²) in [4.78, 5) is 0. The van der Waals surface area contributed by atoms with Gasteiger partial charge in [-0.15, -0.1) is 0 Å². The maximum atomic E-state index is 5.45. The normalized spacial score (nSPS) is 13.9. The van der Waals surface area contributed by atoms with Gasteiger partial charge in [-0.05, 0) is 68.6 Å². The molecule has 2 N–H and O–H groups in total. The number of rotatable bonds is 7. The van der Waals surface area contributed by atoms with Crippen molar-refractivity contribution in [3.8, 4) is 5.75 Å². The van der Waals surface area contributed by atoms with Crippen LogP contribution in [0.15, 0.2) is 48.6 Å². The Labute approximate surface area is 138 Å². The molecule has 0 amide bonds. The average Bonchev–Trinajstić information content (AvgIpc) is 2.55. The summed E-state index contributed by atoms with van der Waals surface area (Å²) in [6, 6.07) is 7.74. The van der Waals surface area contributed by atoms with Crippen LogP contribution < -0.4 is 15.4 Å². The Morgan fingerprint density at radius 3 is 2.77 bits per heavy atom. The third-order valence-corrected chi connectivity index (χ3v) is 3.84. The molecule has 1 aromatic carbocycles. The van der Waals surface area contributed by atoms with Crippen LogP contribution in [0.25, 0.3) is 0 Å². The standard InChI is InChI=1S/C18H24N2OS/c1-2-14-21-17-10-8-16(9-11-17)20-18(22)19-13-12-15-6-4-3-5-7-15/h2,6,8-11H,1,3-5,7,12-14H2,(H2,19,20,22). The van der Waals surface area contributed by atoms with Crippen LogP contribution in [-0.4, -0.2) is 18.3 Å². The summed E-state index contributed by atoms with van der Waals surface area (Å²) in [6.07, 6.45) is 10.3. The first kappa shape index (κ1) is 16.6. The number of allylic oxidation sites excluding steroid dienone is 1. The molecule has 0 fully saturated rings. The van der Waals surface area contributed by atoms with E-state index in [2.05, 4.69) is 23.3 Å². The Morgan fingerprint density at radius 2 is 2.09 bits per heavy atom. The van der Waals surface area contributed by atoms with Crippen LogP contribution in [0.3, 0.4) is 0 Å². The summed E-state index contributed by atoms with van der Waals surface area (Å²) in [5, 5.41) is 7.11. The van der Waals surface area contributed by atoms with Crippen LogP contribution >= 0.6 is 12.2 Å². The van der Waals surface area contributed by atoms with Gasteiger partial charge >= 0.3 is 0 Å². The fourth-order valence-electron chi connectivity index (χ4n) is 2.43. The van der Waals surface area contributed by atoms with Crippen molar-refractivity contribution >= 4 is 23.0 Å². The SMILES string of the molecule is C=CCOc1ccc(NC(=S)NCCC2=CCCCC2)cc1. The smallest absolute Gasteiger partial charge is 0.170 e. The summed E-state index contributed by atoms with van der Waals surface area (Å²) in [5.41, 5.74) is 2.52. The van der Waals surface area contributed by atoms with E-state index in [1.54, 1.807) is 11.6 Å². The number of anilines is 1. The second-order valence-corrected chi connectivity index (χ2v) is 5.77. The molecule has 2 rings (SSSR count). The van der Waals surface area contributed by atoms with Crippen LogP contribution in [-0.2, 0) is 0 Å². The molecular formula is C18H24N2OS. The second-order valence-electron chi connectivity index (χ2n) is 5.36. The lowest BCUT2D eigenvalue weighted by Crippen LogP contribution is -2.29. The molecule has 4 heteroatoms. The van der Waals surface area contributed by atoms with Crippen molar-refractivity contribution in [2.45, 2.75) is 32.1 Å². The lowest BCUT2D eigenvalue weighted by Gasteiger charge is -2.14. The summed E-state index contributed by atoms with van der Waals surface area (Å²) in [7, 11) is 0. The van der Waals surface area contributed by atoms with Crippen molar-refractivity contribution in [1.29, 1.82) is 0 Å². The van der Waals surface area contributed by atoms with Crippen molar-refractivity contribution in [3.05, 3.63) is 48.6 Å². The Balaban J connectivity index is 1.69. The molecule has 0 heterocycles.